The highest BCUT2D eigenvalue weighted by atomic mass is 16.7. The molecule has 0 aromatic heterocycles. The first-order valence-electron chi connectivity index (χ1n) is 5.70. The van der Waals surface area contributed by atoms with Gasteiger partial charge in [-0.1, -0.05) is 30.3 Å². The molecule has 1 aliphatic carbocycles. The maximum Gasteiger partial charge on any atom is 0.506 e. The van der Waals surface area contributed by atoms with Gasteiger partial charge in [0.15, 0.2) is 0 Å². The van der Waals surface area contributed by atoms with Crippen LogP contribution < -0.4 is 0 Å². The van der Waals surface area contributed by atoms with Gasteiger partial charge in [0.1, 0.15) is 6.10 Å². The average molecular weight is 220 g/mol. The lowest BCUT2D eigenvalue weighted by Crippen LogP contribution is -2.22. The molecular weight excluding hydrogens is 204 g/mol. The second-order valence-electron chi connectivity index (χ2n) is 4.27. The van der Waals surface area contributed by atoms with Gasteiger partial charge in [-0.25, -0.2) is 4.79 Å². The summed E-state index contributed by atoms with van der Waals surface area (Å²) in [6, 6.07) is 10.4. The molecule has 0 unspecified atom stereocenters. The van der Waals surface area contributed by atoms with Crippen LogP contribution in [-0.4, -0.2) is 17.4 Å². The van der Waals surface area contributed by atoms with E-state index in [1.54, 1.807) is 0 Å². The molecule has 86 valence electrons. The fourth-order valence-corrected chi connectivity index (χ4v) is 2.38. The van der Waals surface area contributed by atoms with Crippen LogP contribution in [0.3, 0.4) is 0 Å². The van der Waals surface area contributed by atoms with Crippen LogP contribution in [0, 0.1) is 0 Å². The molecule has 0 saturated heterocycles. The first kappa shape index (κ1) is 11.0. The van der Waals surface area contributed by atoms with Gasteiger partial charge in [0.2, 0.25) is 0 Å². The highest BCUT2D eigenvalue weighted by Gasteiger charge is 2.24. The van der Waals surface area contributed by atoms with Gasteiger partial charge in [-0.2, -0.15) is 0 Å². The average Bonchev–Trinajstić information content (AvgIpc) is 2.30. The van der Waals surface area contributed by atoms with Crippen molar-refractivity contribution in [1.29, 1.82) is 0 Å². The van der Waals surface area contributed by atoms with Crippen molar-refractivity contribution in [3.05, 3.63) is 35.9 Å². The lowest BCUT2D eigenvalue weighted by Gasteiger charge is -2.27. The van der Waals surface area contributed by atoms with E-state index in [-0.39, 0.29) is 6.10 Å². The molecule has 1 aromatic rings. The third kappa shape index (κ3) is 2.75. The number of benzene rings is 1. The van der Waals surface area contributed by atoms with Crippen molar-refractivity contribution < 1.29 is 14.6 Å². The predicted octanol–water partition coefficient (Wildman–Crippen LogP) is 3.41. The summed E-state index contributed by atoms with van der Waals surface area (Å²) in [4.78, 5) is 10.4. The van der Waals surface area contributed by atoms with Gasteiger partial charge < -0.3 is 9.84 Å². The quantitative estimate of drug-likeness (QED) is 0.777. The van der Waals surface area contributed by atoms with Gasteiger partial charge in [0, 0.05) is 0 Å². The van der Waals surface area contributed by atoms with E-state index in [9.17, 15) is 4.79 Å². The summed E-state index contributed by atoms with van der Waals surface area (Å²) in [7, 11) is 0. The molecule has 16 heavy (non-hydrogen) atoms. The van der Waals surface area contributed by atoms with E-state index in [1.807, 2.05) is 6.07 Å². The van der Waals surface area contributed by atoms with E-state index in [1.165, 1.54) is 5.56 Å². The number of hydrogen-bond donors (Lipinski definition) is 1. The fourth-order valence-electron chi connectivity index (χ4n) is 2.38. The Hall–Kier alpha value is -1.51. The van der Waals surface area contributed by atoms with E-state index in [4.69, 9.17) is 9.84 Å². The SMILES string of the molecule is O=C(O)OC1CCC(c2ccccc2)CC1. The minimum absolute atomic E-state index is 0.0996. The smallest absolute Gasteiger partial charge is 0.450 e. The molecule has 0 bridgehead atoms. The lowest BCUT2D eigenvalue weighted by molar-refractivity contribution is 0.0332. The first-order valence-corrected chi connectivity index (χ1v) is 5.70. The lowest BCUT2D eigenvalue weighted by atomic mass is 9.83. The van der Waals surface area contributed by atoms with Crippen molar-refractivity contribution in [3.8, 4) is 0 Å². The van der Waals surface area contributed by atoms with E-state index in [0.29, 0.717) is 5.92 Å². The Morgan fingerprint density at radius 2 is 1.75 bits per heavy atom. The summed E-state index contributed by atoms with van der Waals surface area (Å²) in [6.07, 6.45) is 2.46. The van der Waals surface area contributed by atoms with E-state index in [0.717, 1.165) is 25.7 Å². The normalized spacial score (nSPS) is 25.0. The zero-order valence-corrected chi connectivity index (χ0v) is 9.13. The van der Waals surface area contributed by atoms with E-state index < -0.39 is 6.16 Å². The molecule has 0 heterocycles. The largest absolute Gasteiger partial charge is 0.506 e. The molecule has 1 aliphatic rings. The molecule has 0 spiro atoms. The summed E-state index contributed by atoms with van der Waals surface area (Å²) >= 11 is 0. The molecule has 0 amide bonds. The van der Waals surface area contributed by atoms with Crippen molar-refractivity contribution >= 4 is 6.16 Å². The second kappa shape index (κ2) is 5.01. The third-order valence-corrected chi connectivity index (χ3v) is 3.21. The summed E-state index contributed by atoms with van der Waals surface area (Å²) in [6.45, 7) is 0. The molecule has 0 radical (unpaired) electrons. The Bertz CT molecular complexity index is 339. The molecule has 1 N–H and O–H groups in total. The predicted molar refractivity (Wildman–Crippen MR) is 60.5 cm³/mol. The second-order valence-corrected chi connectivity index (χ2v) is 4.27. The van der Waals surface area contributed by atoms with Crippen LogP contribution in [0.15, 0.2) is 30.3 Å². The Balaban J connectivity index is 1.88. The number of rotatable bonds is 2. The van der Waals surface area contributed by atoms with Gasteiger partial charge in [-0.15, -0.1) is 0 Å². The summed E-state index contributed by atoms with van der Waals surface area (Å²) in [5.74, 6) is 0.565. The van der Waals surface area contributed by atoms with Crippen molar-refractivity contribution in [2.75, 3.05) is 0 Å². The molecule has 0 atom stereocenters. The van der Waals surface area contributed by atoms with Gasteiger partial charge >= 0.3 is 6.16 Å². The van der Waals surface area contributed by atoms with E-state index >= 15 is 0 Å². The van der Waals surface area contributed by atoms with E-state index in [2.05, 4.69) is 24.3 Å². The van der Waals surface area contributed by atoms with Crippen LogP contribution in [0.25, 0.3) is 0 Å². The third-order valence-electron chi connectivity index (χ3n) is 3.21. The Labute approximate surface area is 95.0 Å². The van der Waals surface area contributed by atoms with Crippen molar-refractivity contribution in [2.45, 2.75) is 37.7 Å². The topological polar surface area (TPSA) is 46.5 Å². The van der Waals surface area contributed by atoms with Crippen LogP contribution in [0.5, 0.6) is 0 Å². The van der Waals surface area contributed by atoms with Crippen LogP contribution in [-0.2, 0) is 4.74 Å². The van der Waals surface area contributed by atoms with Gasteiger partial charge in [-0.3, -0.25) is 0 Å². The van der Waals surface area contributed by atoms with Crippen LogP contribution in [0.1, 0.15) is 37.2 Å². The van der Waals surface area contributed by atoms with Gasteiger partial charge in [0.05, 0.1) is 0 Å². The highest BCUT2D eigenvalue weighted by molar-refractivity contribution is 5.57. The zero-order chi connectivity index (χ0) is 11.4. The molecule has 3 heteroatoms. The van der Waals surface area contributed by atoms with Crippen LogP contribution in [0.4, 0.5) is 4.79 Å². The number of carbonyl (C=O) groups is 1. The Morgan fingerprint density at radius 3 is 2.31 bits per heavy atom. The Kier molecular flexibility index (Phi) is 3.44. The number of hydrogen-bond acceptors (Lipinski definition) is 2. The zero-order valence-electron chi connectivity index (χ0n) is 9.13. The molecule has 2 rings (SSSR count). The van der Waals surface area contributed by atoms with Crippen molar-refractivity contribution in [3.63, 3.8) is 0 Å². The monoisotopic (exact) mass is 220 g/mol. The molecule has 1 aromatic carbocycles. The first-order chi connectivity index (χ1) is 7.75. The molecular formula is C13H16O3. The fraction of sp³-hybridized carbons (Fsp3) is 0.462. The summed E-state index contributed by atoms with van der Waals surface area (Å²) in [5, 5.41) is 8.53. The molecule has 3 nitrogen and oxygen atoms in total. The van der Waals surface area contributed by atoms with Gasteiger partial charge in [-0.05, 0) is 37.2 Å². The summed E-state index contributed by atoms with van der Waals surface area (Å²) < 4.78 is 4.79. The summed E-state index contributed by atoms with van der Waals surface area (Å²) in [5.41, 5.74) is 1.36. The Morgan fingerprint density at radius 1 is 1.12 bits per heavy atom. The maximum atomic E-state index is 10.4. The molecule has 1 fully saturated rings. The van der Waals surface area contributed by atoms with Crippen LogP contribution >= 0.6 is 0 Å². The maximum absolute atomic E-state index is 10.4. The molecule has 1 saturated carbocycles. The van der Waals surface area contributed by atoms with Crippen molar-refractivity contribution in [1.82, 2.24) is 0 Å². The van der Waals surface area contributed by atoms with Crippen LogP contribution in [0.2, 0.25) is 0 Å². The highest BCUT2D eigenvalue weighted by Crippen LogP contribution is 2.33. The standard InChI is InChI=1S/C13H16O3/c14-13(15)16-12-8-6-11(7-9-12)10-4-2-1-3-5-10/h1-5,11-12H,6-9H2,(H,14,15). The van der Waals surface area contributed by atoms with Gasteiger partial charge in [0.25, 0.3) is 0 Å². The minimum atomic E-state index is -1.15. The number of carboxylic acid groups (broad SMARTS) is 1. The number of ether oxygens (including phenoxy) is 1. The minimum Gasteiger partial charge on any atom is -0.450 e. The van der Waals surface area contributed by atoms with Crippen molar-refractivity contribution in [2.24, 2.45) is 0 Å². The molecule has 0 aliphatic heterocycles.